The van der Waals surface area contributed by atoms with Crippen molar-refractivity contribution in [2.45, 2.75) is 20.3 Å². The number of hydrogen-bond acceptors (Lipinski definition) is 6. The first kappa shape index (κ1) is 14.9. The van der Waals surface area contributed by atoms with Crippen LogP contribution in [0.15, 0.2) is 30.3 Å². The molecule has 0 amide bonds. The smallest absolute Gasteiger partial charge is 0.244 e. The number of rotatable bonds is 6. The third-order valence-electron chi connectivity index (χ3n) is 2.90. The minimum atomic E-state index is 0.127. The van der Waals surface area contributed by atoms with Crippen molar-refractivity contribution in [3.05, 3.63) is 30.3 Å². The van der Waals surface area contributed by atoms with Crippen molar-refractivity contribution in [2.24, 2.45) is 5.92 Å². The summed E-state index contributed by atoms with van der Waals surface area (Å²) < 4.78 is 5.61. The quantitative estimate of drug-likeness (QED) is 0.755. The van der Waals surface area contributed by atoms with Crippen molar-refractivity contribution in [2.75, 3.05) is 23.4 Å². The molecule has 0 saturated carbocycles. The molecule has 2 rings (SSSR count). The summed E-state index contributed by atoms with van der Waals surface area (Å²) in [7, 11) is 0. The molecule has 0 fully saturated rings. The molecular weight excluding hydrogens is 266 g/mol. The van der Waals surface area contributed by atoms with Gasteiger partial charge in [0.05, 0.1) is 6.61 Å². The van der Waals surface area contributed by atoms with Gasteiger partial charge >= 0.3 is 0 Å². The number of anilines is 4. The van der Waals surface area contributed by atoms with E-state index in [2.05, 4.69) is 29.1 Å². The SMILES string of the molecule is CC(C)CCOc1nc(N)nc(Nc2ccccc2)c1N. The van der Waals surface area contributed by atoms with E-state index in [0.29, 0.717) is 29.9 Å². The lowest BCUT2D eigenvalue weighted by molar-refractivity contribution is 0.281. The molecule has 2 aromatic rings. The fourth-order valence-corrected chi connectivity index (χ4v) is 1.72. The number of nitrogen functional groups attached to an aromatic ring is 2. The lowest BCUT2D eigenvalue weighted by atomic mass is 10.1. The Morgan fingerprint density at radius 1 is 1.14 bits per heavy atom. The molecule has 0 saturated heterocycles. The first-order chi connectivity index (χ1) is 10.1. The molecule has 5 N–H and O–H groups in total. The van der Waals surface area contributed by atoms with Crippen molar-refractivity contribution in [1.82, 2.24) is 9.97 Å². The van der Waals surface area contributed by atoms with Crippen molar-refractivity contribution in [3.8, 4) is 5.88 Å². The van der Waals surface area contributed by atoms with Crippen molar-refractivity contribution in [3.63, 3.8) is 0 Å². The number of para-hydroxylation sites is 1. The Kier molecular flexibility index (Phi) is 4.81. The van der Waals surface area contributed by atoms with Gasteiger partial charge in [0.1, 0.15) is 5.69 Å². The maximum absolute atomic E-state index is 6.05. The summed E-state index contributed by atoms with van der Waals surface area (Å²) in [5.74, 6) is 1.45. The van der Waals surface area contributed by atoms with Gasteiger partial charge in [0.15, 0.2) is 5.82 Å². The van der Waals surface area contributed by atoms with Crippen LogP contribution in [0.3, 0.4) is 0 Å². The highest BCUT2D eigenvalue weighted by molar-refractivity contribution is 5.73. The highest BCUT2D eigenvalue weighted by atomic mass is 16.5. The second-order valence-corrected chi connectivity index (χ2v) is 5.17. The zero-order valence-corrected chi connectivity index (χ0v) is 12.3. The van der Waals surface area contributed by atoms with E-state index in [0.717, 1.165) is 12.1 Å². The minimum absolute atomic E-state index is 0.127. The van der Waals surface area contributed by atoms with Gasteiger partial charge in [-0.05, 0) is 24.5 Å². The molecule has 0 unspecified atom stereocenters. The maximum Gasteiger partial charge on any atom is 0.244 e. The van der Waals surface area contributed by atoms with E-state index < -0.39 is 0 Å². The van der Waals surface area contributed by atoms with Gasteiger partial charge < -0.3 is 21.5 Å². The number of ether oxygens (including phenoxy) is 1. The van der Waals surface area contributed by atoms with Gasteiger partial charge in [0, 0.05) is 5.69 Å². The summed E-state index contributed by atoms with van der Waals surface area (Å²) in [6.45, 7) is 4.80. The monoisotopic (exact) mass is 287 g/mol. The minimum Gasteiger partial charge on any atom is -0.476 e. The fourth-order valence-electron chi connectivity index (χ4n) is 1.72. The molecular formula is C15H21N5O. The van der Waals surface area contributed by atoms with Crippen LogP contribution in [-0.2, 0) is 0 Å². The Morgan fingerprint density at radius 2 is 1.86 bits per heavy atom. The molecule has 112 valence electrons. The average Bonchev–Trinajstić information content (AvgIpc) is 2.44. The van der Waals surface area contributed by atoms with E-state index in [1.165, 1.54) is 0 Å². The molecule has 6 nitrogen and oxygen atoms in total. The van der Waals surface area contributed by atoms with Gasteiger partial charge in [-0.2, -0.15) is 9.97 Å². The average molecular weight is 287 g/mol. The van der Waals surface area contributed by atoms with Crippen molar-refractivity contribution < 1.29 is 4.74 Å². The summed E-state index contributed by atoms with van der Waals surface area (Å²) in [5, 5.41) is 3.12. The van der Waals surface area contributed by atoms with Crippen molar-refractivity contribution >= 4 is 23.1 Å². The van der Waals surface area contributed by atoms with Crippen LogP contribution in [0, 0.1) is 5.92 Å². The third-order valence-corrected chi connectivity index (χ3v) is 2.90. The third kappa shape index (κ3) is 4.24. The normalized spacial score (nSPS) is 10.6. The summed E-state index contributed by atoms with van der Waals surface area (Å²) in [5.41, 5.74) is 13.0. The predicted molar refractivity (Wildman–Crippen MR) is 85.5 cm³/mol. The van der Waals surface area contributed by atoms with E-state index in [9.17, 15) is 0 Å². The summed E-state index contributed by atoms with van der Waals surface area (Å²) in [6.07, 6.45) is 0.921. The Morgan fingerprint density at radius 3 is 2.52 bits per heavy atom. The van der Waals surface area contributed by atoms with Crippen LogP contribution in [0.4, 0.5) is 23.1 Å². The highest BCUT2D eigenvalue weighted by Gasteiger charge is 2.12. The lowest BCUT2D eigenvalue weighted by Gasteiger charge is -2.13. The second-order valence-electron chi connectivity index (χ2n) is 5.17. The van der Waals surface area contributed by atoms with Crippen LogP contribution in [0.1, 0.15) is 20.3 Å². The first-order valence-corrected chi connectivity index (χ1v) is 6.94. The molecule has 0 spiro atoms. The molecule has 0 aliphatic rings. The molecule has 0 atom stereocenters. The van der Waals surface area contributed by atoms with Gasteiger partial charge in [-0.15, -0.1) is 0 Å². The molecule has 0 aliphatic carbocycles. The van der Waals surface area contributed by atoms with E-state index >= 15 is 0 Å². The number of benzene rings is 1. The molecule has 1 aromatic heterocycles. The molecule has 0 aliphatic heterocycles. The Balaban J connectivity index is 2.16. The Bertz CT molecular complexity index is 586. The van der Waals surface area contributed by atoms with Crippen LogP contribution < -0.4 is 21.5 Å². The highest BCUT2D eigenvalue weighted by Crippen LogP contribution is 2.29. The van der Waals surface area contributed by atoms with E-state index in [1.807, 2.05) is 30.3 Å². The van der Waals surface area contributed by atoms with E-state index in [1.54, 1.807) is 0 Å². The fraction of sp³-hybridized carbons (Fsp3) is 0.333. The Hall–Kier alpha value is -2.50. The summed E-state index contributed by atoms with van der Waals surface area (Å²) in [4.78, 5) is 8.17. The Labute approximate surface area is 124 Å². The zero-order valence-electron chi connectivity index (χ0n) is 12.3. The molecule has 0 radical (unpaired) electrons. The van der Waals surface area contributed by atoms with Crippen molar-refractivity contribution in [1.29, 1.82) is 0 Å². The summed E-state index contributed by atoms with van der Waals surface area (Å²) >= 11 is 0. The number of nitrogens with one attached hydrogen (secondary N) is 1. The van der Waals surface area contributed by atoms with Gasteiger partial charge in [0.25, 0.3) is 0 Å². The zero-order chi connectivity index (χ0) is 15.2. The second kappa shape index (κ2) is 6.78. The number of nitrogens with zero attached hydrogens (tertiary/aromatic N) is 2. The van der Waals surface area contributed by atoms with E-state index in [4.69, 9.17) is 16.2 Å². The standard InChI is InChI=1S/C15H21N5O/c1-10(2)8-9-21-14-12(16)13(19-15(17)20-14)18-11-6-4-3-5-7-11/h3-7,10H,8-9,16H2,1-2H3,(H3,17,18,19,20). The van der Waals surface area contributed by atoms with Crippen LogP contribution in [-0.4, -0.2) is 16.6 Å². The number of nitrogens with two attached hydrogens (primary N) is 2. The number of hydrogen-bond donors (Lipinski definition) is 3. The topological polar surface area (TPSA) is 99.1 Å². The molecule has 21 heavy (non-hydrogen) atoms. The van der Waals surface area contributed by atoms with Gasteiger partial charge in [-0.1, -0.05) is 32.0 Å². The van der Waals surface area contributed by atoms with Crippen LogP contribution >= 0.6 is 0 Å². The lowest BCUT2D eigenvalue weighted by Crippen LogP contribution is -2.10. The van der Waals surface area contributed by atoms with Crippen LogP contribution in [0.25, 0.3) is 0 Å². The van der Waals surface area contributed by atoms with Crippen LogP contribution in [0.2, 0.25) is 0 Å². The molecule has 6 heteroatoms. The summed E-state index contributed by atoms with van der Waals surface area (Å²) in [6, 6.07) is 9.60. The van der Waals surface area contributed by atoms with Gasteiger partial charge in [-0.3, -0.25) is 0 Å². The maximum atomic E-state index is 6.05. The van der Waals surface area contributed by atoms with Gasteiger partial charge in [-0.25, -0.2) is 0 Å². The first-order valence-electron chi connectivity index (χ1n) is 6.94. The largest absolute Gasteiger partial charge is 0.476 e. The molecule has 1 heterocycles. The van der Waals surface area contributed by atoms with Gasteiger partial charge in [0.2, 0.25) is 11.8 Å². The predicted octanol–water partition coefficient (Wildman–Crippen LogP) is 2.81. The molecule has 0 bridgehead atoms. The van der Waals surface area contributed by atoms with Crippen LogP contribution in [0.5, 0.6) is 5.88 Å². The number of aromatic nitrogens is 2. The molecule has 1 aromatic carbocycles. The van der Waals surface area contributed by atoms with E-state index in [-0.39, 0.29) is 5.95 Å².